The van der Waals surface area contributed by atoms with Gasteiger partial charge < -0.3 is 5.11 Å². The minimum Gasteiger partial charge on any atom is -0.507 e. The molecule has 1 saturated carbocycles. The van der Waals surface area contributed by atoms with Gasteiger partial charge in [-0.05, 0) is 40.7 Å². The van der Waals surface area contributed by atoms with Crippen molar-refractivity contribution in [2.24, 2.45) is 23.7 Å². The van der Waals surface area contributed by atoms with Crippen LogP contribution < -0.4 is 0 Å². The van der Waals surface area contributed by atoms with E-state index in [4.69, 9.17) is 0 Å². The van der Waals surface area contributed by atoms with Gasteiger partial charge in [-0.15, -0.1) is 0 Å². The quantitative estimate of drug-likeness (QED) is 0.753. The van der Waals surface area contributed by atoms with E-state index in [1.54, 1.807) is 0 Å². The standard InChI is InChI=1S/C21H26O/c1-13-14(2)16(4)20(15(13)3)19-12-8-11-18(21(19)22)17-9-6-5-7-10-17/h5-16,20,22H,1-4H3. The molecule has 2 aromatic rings. The fourth-order valence-electron chi connectivity index (χ4n) is 4.34. The monoisotopic (exact) mass is 294 g/mol. The number of phenols is 1. The lowest BCUT2D eigenvalue weighted by atomic mass is 9.81. The van der Waals surface area contributed by atoms with Crippen molar-refractivity contribution in [3.05, 3.63) is 54.1 Å². The summed E-state index contributed by atoms with van der Waals surface area (Å²) in [5.74, 6) is 3.50. The molecule has 0 saturated heterocycles. The average Bonchev–Trinajstić information content (AvgIpc) is 2.73. The number of rotatable bonds is 2. The van der Waals surface area contributed by atoms with Crippen LogP contribution in [0, 0.1) is 23.7 Å². The number of para-hydroxylation sites is 1. The molecule has 1 aliphatic carbocycles. The van der Waals surface area contributed by atoms with E-state index in [0.29, 0.717) is 35.3 Å². The fourth-order valence-corrected chi connectivity index (χ4v) is 4.34. The maximum Gasteiger partial charge on any atom is 0.126 e. The summed E-state index contributed by atoms with van der Waals surface area (Å²) in [6.45, 7) is 9.38. The van der Waals surface area contributed by atoms with Crippen LogP contribution in [0.3, 0.4) is 0 Å². The van der Waals surface area contributed by atoms with Crippen LogP contribution in [-0.2, 0) is 0 Å². The zero-order chi connectivity index (χ0) is 15.9. The van der Waals surface area contributed by atoms with Gasteiger partial charge in [-0.1, -0.05) is 76.2 Å². The van der Waals surface area contributed by atoms with E-state index in [2.05, 4.69) is 52.0 Å². The summed E-state index contributed by atoms with van der Waals surface area (Å²) in [4.78, 5) is 0. The van der Waals surface area contributed by atoms with Gasteiger partial charge in [0, 0.05) is 5.56 Å². The third kappa shape index (κ3) is 2.33. The number of hydrogen-bond acceptors (Lipinski definition) is 1. The molecular weight excluding hydrogens is 268 g/mol. The predicted molar refractivity (Wildman–Crippen MR) is 92.9 cm³/mol. The Morgan fingerprint density at radius 1 is 0.682 bits per heavy atom. The smallest absolute Gasteiger partial charge is 0.126 e. The van der Waals surface area contributed by atoms with Gasteiger partial charge in [0.05, 0.1) is 0 Å². The van der Waals surface area contributed by atoms with Crippen LogP contribution in [0.15, 0.2) is 48.5 Å². The zero-order valence-corrected chi connectivity index (χ0v) is 14.0. The van der Waals surface area contributed by atoms with Gasteiger partial charge in [-0.25, -0.2) is 0 Å². The molecule has 116 valence electrons. The van der Waals surface area contributed by atoms with Crippen molar-refractivity contribution in [1.82, 2.24) is 0 Å². The largest absolute Gasteiger partial charge is 0.507 e. The summed E-state index contributed by atoms with van der Waals surface area (Å²) in [6, 6.07) is 16.4. The lowest BCUT2D eigenvalue weighted by Crippen LogP contribution is -2.11. The Hall–Kier alpha value is -1.76. The molecule has 0 aliphatic heterocycles. The zero-order valence-electron chi connectivity index (χ0n) is 14.0. The topological polar surface area (TPSA) is 20.2 Å². The molecule has 1 nitrogen and oxygen atoms in total. The maximum atomic E-state index is 10.9. The molecule has 4 atom stereocenters. The van der Waals surface area contributed by atoms with Crippen LogP contribution in [0.4, 0.5) is 0 Å². The van der Waals surface area contributed by atoms with E-state index in [1.165, 1.54) is 0 Å². The molecule has 22 heavy (non-hydrogen) atoms. The second kappa shape index (κ2) is 5.79. The van der Waals surface area contributed by atoms with Crippen LogP contribution in [0.5, 0.6) is 5.75 Å². The molecule has 1 heteroatoms. The van der Waals surface area contributed by atoms with Gasteiger partial charge in [0.15, 0.2) is 0 Å². The fraction of sp³-hybridized carbons (Fsp3) is 0.429. The third-order valence-electron chi connectivity index (χ3n) is 6.13. The molecule has 0 heterocycles. The third-order valence-corrected chi connectivity index (χ3v) is 6.13. The summed E-state index contributed by atoms with van der Waals surface area (Å²) < 4.78 is 0. The number of aromatic hydroxyl groups is 1. The molecule has 0 radical (unpaired) electrons. The average molecular weight is 294 g/mol. The molecule has 0 amide bonds. The van der Waals surface area contributed by atoms with E-state index in [9.17, 15) is 5.11 Å². The number of phenolic OH excluding ortho intramolecular Hbond substituents is 1. The minimum absolute atomic E-state index is 0.439. The normalized spacial score (nSPS) is 31.4. The Labute approximate surface area is 134 Å². The molecule has 1 fully saturated rings. The van der Waals surface area contributed by atoms with Crippen molar-refractivity contribution in [3.8, 4) is 16.9 Å². The summed E-state index contributed by atoms with van der Waals surface area (Å²) in [5.41, 5.74) is 3.16. The summed E-state index contributed by atoms with van der Waals surface area (Å²) >= 11 is 0. The number of hydrogen-bond donors (Lipinski definition) is 1. The first-order valence-electron chi connectivity index (χ1n) is 8.39. The van der Waals surface area contributed by atoms with E-state index in [0.717, 1.165) is 16.7 Å². The second-order valence-corrected chi connectivity index (χ2v) is 7.07. The molecule has 0 aromatic heterocycles. The molecule has 1 aliphatic rings. The van der Waals surface area contributed by atoms with Crippen LogP contribution in [0.1, 0.15) is 39.2 Å². The maximum absolute atomic E-state index is 10.9. The van der Waals surface area contributed by atoms with Gasteiger partial charge in [-0.3, -0.25) is 0 Å². The summed E-state index contributed by atoms with van der Waals surface area (Å²) in [5, 5.41) is 10.9. The number of benzene rings is 2. The molecule has 0 spiro atoms. The molecule has 1 N–H and O–H groups in total. The van der Waals surface area contributed by atoms with Crippen molar-refractivity contribution in [2.75, 3.05) is 0 Å². The SMILES string of the molecule is CC1C(C)C(C)C(c2cccc(-c3ccccc3)c2O)C1C. The van der Waals surface area contributed by atoms with Gasteiger partial charge in [0.2, 0.25) is 0 Å². The molecule has 3 rings (SSSR count). The van der Waals surface area contributed by atoms with Crippen LogP contribution >= 0.6 is 0 Å². The van der Waals surface area contributed by atoms with Crippen molar-refractivity contribution in [3.63, 3.8) is 0 Å². The van der Waals surface area contributed by atoms with E-state index in [1.807, 2.05) is 24.3 Å². The molecule has 2 aromatic carbocycles. The Balaban J connectivity index is 2.06. The first kappa shape index (κ1) is 15.1. The van der Waals surface area contributed by atoms with Crippen molar-refractivity contribution in [2.45, 2.75) is 33.6 Å². The molecule has 4 unspecified atom stereocenters. The van der Waals surface area contributed by atoms with E-state index < -0.39 is 0 Å². The van der Waals surface area contributed by atoms with Gasteiger partial charge in [0.1, 0.15) is 5.75 Å². The highest BCUT2D eigenvalue weighted by Gasteiger charge is 2.43. The highest BCUT2D eigenvalue weighted by atomic mass is 16.3. The first-order chi connectivity index (χ1) is 10.5. The molecule has 0 bridgehead atoms. The summed E-state index contributed by atoms with van der Waals surface area (Å²) in [7, 11) is 0. The Kier molecular flexibility index (Phi) is 3.99. The van der Waals surface area contributed by atoms with E-state index >= 15 is 0 Å². The van der Waals surface area contributed by atoms with Crippen molar-refractivity contribution in [1.29, 1.82) is 0 Å². The molecular formula is C21H26O. The van der Waals surface area contributed by atoms with Crippen LogP contribution in [0.2, 0.25) is 0 Å². The highest BCUT2D eigenvalue weighted by molar-refractivity contribution is 5.72. The Morgan fingerprint density at radius 3 is 1.86 bits per heavy atom. The summed E-state index contributed by atoms with van der Waals surface area (Å²) in [6.07, 6.45) is 0. The highest BCUT2D eigenvalue weighted by Crippen LogP contribution is 2.53. The minimum atomic E-state index is 0.439. The van der Waals surface area contributed by atoms with E-state index in [-0.39, 0.29) is 0 Å². The van der Waals surface area contributed by atoms with Gasteiger partial charge in [0.25, 0.3) is 0 Å². The second-order valence-electron chi connectivity index (χ2n) is 7.07. The first-order valence-corrected chi connectivity index (χ1v) is 8.39. The van der Waals surface area contributed by atoms with Crippen LogP contribution in [0.25, 0.3) is 11.1 Å². The van der Waals surface area contributed by atoms with Crippen molar-refractivity contribution >= 4 is 0 Å². The van der Waals surface area contributed by atoms with Crippen molar-refractivity contribution < 1.29 is 5.11 Å². The Morgan fingerprint density at radius 2 is 1.27 bits per heavy atom. The lowest BCUT2D eigenvalue weighted by molar-refractivity contribution is 0.352. The lowest BCUT2D eigenvalue weighted by Gasteiger charge is -2.24. The van der Waals surface area contributed by atoms with Gasteiger partial charge in [-0.2, -0.15) is 0 Å². The van der Waals surface area contributed by atoms with Gasteiger partial charge >= 0.3 is 0 Å². The Bertz CT molecular complexity index is 632. The predicted octanol–water partition coefficient (Wildman–Crippen LogP) is 5.70. The van der Waals surface area contributed by atoms with Crippen LogP contribution in [-0.4, -0.2) is 5.11 Å².